The van der Waals surface area contributed by atoms with Gasteiger partial charge in [-0.15, -0.1) is 0 Å². The Bertz CT molecular complexity index is 537. The van der Waals surface area contributed by atoms with Gasteiger partial charge in [-0.05, 0) is 44.2 Å². The summed E-state index contributed by atoms with van der Waals surface area (Å²) >= 11 is 0. The number of hydrogen-bond acceptors (Lipinski definition) is 3. The number of carbonyl (C=O) groups is 2. The van der Waals surface area contributed by atoms with Crippen molar-refractivity contribution in [2.24, 2.45) is 0 Å². The molecule has 0 atom stereocenters. The van der Waals surface area contributed by atoms with Gasteiger partial charge in [0.15, 0.2) is 0 Å². The zero-order valence-electron chi connectivity index (χ0n) is 12.9. The molecule has 120 valence electrons. The van der Waals surface area contributed by atoms with E-state index in [1.54, 1.807) is 0 Å². The maximum atomic E-state index is 12.0. The van der Waals surface area contributed by atoms with Gasteiger partial charge in [0.1, 0.15) is 5.75 Å². The molecule has 1 fully saturated rings. The summed E-state index contributed by atoms with van der Waals surface area (Å²) in [6.07, 6.45) is 3.47. The minimum absolute atomic E-state index is 0.0124. The van der Waals surface area contributed by atoms with Crippen LogP contribution in [0, 0.1) is 6.92 Å². The van der Waals surface area contributed by atoms with Gasteiger partial charge >= 0.3 is 5.97 Å². The third-order valence-electron chi connectivity index (χ3n) is 4.10. The zero-order valence-corrected chi connectivity index (χ0v) is 12.9. The summed E-state index contributed by atoms with van der Waals surface area (Å²) in [6.45, 7) is 2.46. The fraction of sp³-hybridized carbons (Fsp3) is 0.529. The molecule has 22 heavy (non-hydrogen) atoms. The molecule has 5 heteroatoms. The Hall–Kier alpha value is -2.04. The average Bonchev–Trinajstić information content (AvgIpc) is 2.42. The maximum absolute atomic E-state index is 12.0. The maximum Gasteiger partial charge on any atom is 0.305 e. The monoisotopic (exact) mass is 305 g/mol. The molecule has 5 nitrogen and oxygen atoms in total. The Kier molecular flexibility index (Phi) is 5.41. The number of aryl methyl sites for hydroxylation is 1. The fourth-order valence-electron chi connectivity index (χ4n) is 2.73. The van der Waals surface area contributed by atoms with Crippen LogP contribution >= 0.6 is 0 Å². The lowest BCUT2D eigenvalue weighted by Gasteiger charge is -2.41. The molecule has 0 bridgehead atoms. The number of amides is 1. The summed E-state index contributed by atoms with van der Waals surface area (Å²) in [5.41, 5.74) is 0.557. The highest BCUT2D eigenvalue weighted by molar-refractivity contribution is 5.78. The number of carboxylic acid groups (broad SMARTS) is 1. The third-order valence-corrected chi connectivity index (χ3v) is 4.10. The first-order valence-corrected chi connectivity index (χ1v) is 7.72. The van der Waals surface area contributed by atoms with E-state index >= 15 is 0 Å². The van der Waals surface area contributed by atoms with E-state index in [-0.39, 0.29) is 12.3 Å². The van der Waals surface area contributed by atoms with Crippen LogP contribution in [-0.4, -0.2) is 29.1 Å². The molecule has 0 aliphatic heterocycles. The standard InChI is InChI=1S/C17H23NO4/c1-13-6-2-3-7-14(13)22-11-4-8-15(19)18-17(9-5-10-17)12-16(20)21/h2-3,6-7H,4-5,8-12H2,1H3,(H,18,19)(H,20,21). The highest BCUT2D eigenvalue weighted by Gasteiger charge is 2.40. The van der Waals surface area contributed by atoms with E-state index in [0.29, 0.717) is 19.4 Å². The first-order chi connectivity index (χ1) is 10.5. The number of para-hydroxylation sites is 1. The van der Waals surface area contributed by atoms with Crippen LogP contribution in [0.4, 0.5) is 0 Å². The van der Waals surface area contributed by atoms with E-state index in [1.165, 1.54) is 0 Å². The van der Waals surface area contributed by atoms with Crippen LogP contribution in [0.15, 0.2) is 24.3 Å². The summed E-state index contributed by atoms with van der Waals surface area (Å²) in [5, 5.41) is 11.8. The van der Waals surface area contributed by atoms with Crippen molar-refractivity contribution < 1.29 is 19.4 Å². The Morgan fingerprint density at radius 1 is 1.32 bits per heavy atom. The van der Waals surface area contributed by atoms with Crippen LogP contribution in [0.3, 0.4) is 0 Å². The second kappa shape index (κ2) is 7.29. The minimum atomic E-state index is -0.858. The summed E-state index contributed by atoms with van der Waals surface area (Å²) in [7, 11) is 0. The molecular weight excluding hydrogens is 282 g/mol. The molecule has 2 rings (SSSR count). The molecule has 1 aromatic carbocycles. The van der Waals surface area contributed by atoms with Crippen molar-refractivity contribution in [3.8, 4) is 5.75 Å². The molecule has 1 amide bonds. The van der Waals surface area contributed by atoms with Gasteiger partial charge in [-0.25, -0.2) is 0 Å². The number of hydrogen-bond donors (Lipinski definition) is 2. The van der Waals surface area contributed by atoms with Crippen molar-refractivity contribution in [1.82, 2.24) is 5.32 Å². The lowest BCUT2D eigenvalue weighted by molar-refractivity contribution is -0.140. The second-order valence-electron chi connectivity index (χ2n) is 5.97. The SMILES string of the molecule is Cc1ccccc1OCCCC(=O)NC1(CC(=O)O)CCC1. The lowest BCUT2D eigenvalue weighted by atomic mass is 9.74. The largest absolute Gasteiger partial charge is 0.493 e. The molecule has 0 unspecified atom stereocenters. The zero-order chi connectivity index (χ0) is 16.0. The first-order valence-electron chi connectivity index (χ1n) is 7.72. The topological polar surface area (TPSA) is 75.6 Å². The quantitative estimate of drug-likeness (QED) is 0.724. The van der Waals surface area contributed by atoms with Crippen LogP contribution in [0.2, 0.25) is 0 Å². The van der Waals surface area contributed by atoms with Gasteiger partial charge in [-0.1, -0.05) is 18.2 Å². The molecule has 1 saturated carbocycles. The number of benzene rings is 1. The molecule has 0 radical (unpaired) electrons. The molecule has 2 N–H and O–H groups in total. The summed E-state index contributed by atoms with van der Waals surface area (Å²) < 4.78 is 5.65. The van der Waals surface area contributed by atoms with Crippen molar-refractivity contribution in [1.29, 1.82) is 0 Å². The highest BCUT2D eigenvalue weighted by Crippen LogP contribution is 2.35. The molecule has 0 aromatic heterocycles. The van der Waals surface area contributed by atoms with E-state index in [9.17, 15) is 9.59 Å². The van der Waals surface area contributed by atoms with E-state index in [1.807, 2.05) is 31.2 Å². The minimum Gasteiger partial charge on any atom is -0.493 e. The summed E-state index contributed by atoms with van der Waals surface area (Å²) in [6, 6.07) is 7.76. The second-order valence-corrected chi connectivity index (χ2v) is 5.97. The molecule has 1 aromatic rings. The molecule has 1 aliphatic carbocycles. The van der Waals surface area contributed by atoms with Crippen LogP contribution in [0.25, 0.3) is 0 Å². The van der Waals surface area contributed by atoms with Crippen molar-refractivity contribution in [3.05, 3.63) is 29.8 Å². The van der Waals surface area contributed by atoms with Crippen LogP contribution in [-0.2, 0) is 9.59 Å². The predicted molar refractivity (Wildman–Crippen MR) is 82.9 cm³/mol. The highest BCUT2D eigenvalue weighted by atomic mass is 16.5. The van der Waals surface area contributed by atoms with Gasteiger partial charge in [-0.3, -0.25) is 9.59 Å². The molecule has 0 spiro atoms. The Morgan fingerprint density at radius 2 is 2.05 bits per heavy atom. The van der Waals surface area contributed by atoms with Gasteiger partial charge in [0.25, 0.3) is 0 Å². The number of aliphatic carboxylic acids is 1. The van der Waals surface area contributed by atoms with E-state index in [0.717, 1.165) is 30.6 Å². The van der Waals surface area contributed by atoms with Gasteiger partial charge < -0.3 is 15.2 Å². The normalized spacial score (nSPS) is 15.7. The Balaban J connectivity index is 1.70. The Morgan fingerprint density at radius 3 is 2.64 bits per heavy atom. The molecule has 1 aliphatic rings. The number of rotatable bonds is 8. The average molecular weight is 305 g/mol. The summed E-state index contributed by atoms with van der Waals surface area (Å²) in [5.74, 6) is -0.110. The van der Waals surface area contributed by atoms with Crippen molar-refractivity contribution in [3.63, 3.8) is 0 Å². The van der Waals surface area contributed by atoms with Crippen molar-refractivity contribution >= 4 is 11.9 Å². The van der Waals surface area contributed by atoms with Crippen molar-refractivity contribution in [2.45, 2.75) is 51.0 Å². The number of nitrogens with one attached hydrogen (secondary N) is 1. The lowest BCUT2D eigenvalue weighted by Crippen LogP contribution is -2.54. The van der Waals surface area contributed by atoms with Gasteiger partial charge in [-0.2, -0.15) is 0 Å². The van der Waals surface area contributed by atoms with Crippen molar-refractivity contribution in [2.75, 3.05) is 6.61 Å². The predicted octanol–water partition coefficient (Wildman–Crippen LogP) is 2.67. The van der Waals surface area contributed by atoms with Gasteiger partial charge in [0.05, 0.1) is 18.6 Å². The third kappa shape index (κ3) is 4.48. The number of ether oxygens (including phenoxy) is 1. The Labute approximate surface area is 130 Å². The van der Waals surface area contributed by atoms with E-state index in [2.05, 4.69) is 5.32 Å². The first kappa shape index (κ1) is 16.3. The van der Waals surface area contributed by atoms with Crippen LogP contribution in [0.5, 0.6) is 5.75 Å². The van der Waals surface area contributed by atoms with E-state index < -0.39 is 11.5 Å². The van der Waals surface area contributed by atoms with Gasteiger partial charge in [0.2, 0.25) is 5.91 Å². The van der Waals surface area contributed by atoms with Crippen LogP contribution in [0.1, 0.15) is 44.1 Å². The smallest absolute Gasteiger partial charge is 0.305 e. The molecular formula is C17H23NO4. The van der Waals surface area contributed by atoms with Gasteiger partial charge in [0, 0.05) is 6.42 Å². The fourth-order valence-corrected chi connectivity index (χ4v) is 2.73. The number of carbonyl (C=O) groups excluding carboxylic acids is 1. The number of carboxylic acids is 1. The van der Waals surface area contributed by atoms with Crippen LogP contribution < -0.4 is 10.1 Å². The molecule has 0 saturated heterocycles. The molecule has 0 heterocycles. The summed E-state index contributed by atoms with van der Waals surface area (Å²) in [4.78, 5) is 22.8. The van der Waals surface area contributed by atoms with E-state index in [4.69, 9.17) is 9.84 Å².